The minimum atomic E-state index is -1.45. The van der Waals surface area contributed by atoms with E-state index in [-0.39, 0.29) is 45.1 Å². The van der Waals surface area contributed by atoms with E-state index in [1.54, 1.807) is 0 Å². The van der Waals surface area contributed by atoms with E-state index in [9.17, 15) is 14.7 Å². The maximum Gasteiger partial charge on any atom is 0.338 e. The van der Waals surface area contributed by atoms with E-state index in [0.717, 1.165) is 51.4 Å². The van der Waals surface area contributed by atoms with Crippen LogP contribution in [0.15, 0.2) is 0 Å². The average molecular weight is 501 g/mol. The molecule has 1 saturated heterocycles. The van der Waals surface area contributed by atoms with Crippen LogP contribution in [0.1, 0.15) is 106 Å². The van der Waals surface area contributed by atoms with Crippen LogP contribution in [0, 0.1) is 56.2 Å². The molecule has 0 radical (unpaired) electrons. The van der Waals surface area contributed by atoms with Crippen LogP contribution in [0.25, 0.3) is 0 Å². The zero-order chi connectivity index (χ0) is 26.3. The Morgan fingerprint density at radius 1 is 0.889 bits per heavy atom. The molecule has 1 N–H and O–H groups in total. The minimum Gasteiger partial charge on any atom is -0.467 e. The molecule has 1 aliphatic heterocycles. The van der Waals surface area contributed by atoms with Crippen LogP contribution in [-0.4, -0.2) is 35.9 Å². The number of ether oxygens (including phenoxy) is 2. The molecule has 5 heteroatoms. The molecule has 36 heavy (non-hydrogen) atoms. The third-order valence-corrected chi connectivity index (χ3v) is 14.4. The number of esters is 2. The maximum atomic E-state index is 13.4. The van der Waals surface area contributed by atoms with Gasteiger partial charge in [0.25, 0.3) is 0 Å². The molecular weight excluding hydrogens is 452 g/mol. The van der Waals surface area contributed by atoms with Crippen molar-refractivity contribution in [3.63, 3.8) is 0 Å². The third-order valence-electron chi connectivity index (χ3n) is 14.4. The number of hydrogen-bond donors (Lipinski definition) is 1. The van der Waals surface area contributed by atoms with Crippen molar-refractivity contribution in [3.8, 4) is 0 Å². The third kappa shape index (κ3) is 2.49. The summed E-state index contributed by atoms with van der Waals surface area (Å²) in [6, 6.07) is 0. The Kier molecular flexibility index (Phi) is 4.83. The van der Waals surface area contributed by atoms with E-state index in [0.29, 0.717) is 24.2 Å². The first-order valence-electron chi connectivity index (χ1n) is 14.6. The van der Waals surface area contributed by atoms with Crippen LogP contribution in [0.2, 0.25) is 0 Å². The van der Waals surface area contributed by atoms with E-state index in [4.69, 9.17) is 9.47 Å². The molecule has 3 unspecified atom stereocenters. The number of hydrogen-bond acceptors (Lipinski definition) is 5. The number of methoxy groups -OCH3 is 1. The van der Waals surface area contributed by atoms with Crippen molar-refractivity contribution in [1.82, 2.24) is 0 Å². The van der Waals surface area contributed by atoms with Crippen LogP contribution >= 0.6 is 0 Å². The van der Waals surface area contributed by atoms with Gasteiger partial charge in [0.1, 0.15) is 6.10 Å². The van der Waals surface area contributed by atoms with Crippen molar-refractivity contribution in [3.05, 3.63) is 0 Å². The molecule has 0 aromatic rings. The molecule has 5 aliphatic carbocycles. The van der Waals surface area contributed by atoms with Crippen LogP contribution in [0.3, 0.4) is 0 Å². The molecule has 5 saturated carbocycles. The van der Waals surface area contributed by atoms with Crippen molar-refractivity contribution in [1.29, 1.82) is 0 Å². The second-order valence-corrected chi connectivity index (χ2v) is 15.9. The summed E-state index contributed by atoms with van der Waals surface area (Å²) in [4.78, 5) is 26.4. The quantitative estimate of drug-likeness (QED) is 0.453. The largest absolute Gasteiger partial charge is 0.467 e. The van der Waals surface area contributed by atoms with Crippen molar-refractivity contribution in [2.45, 2.75) is 118 Å². The summed E-state index contributed by atoms with van der Waals surface area (Å²) in [5.41, 5.74) is -2.12. The first kappa shape index (κ1) is 25.2. The van der Waals surface area contributed by atoms with Gasteiger partial charge in [-0.25, -0.2) is 4.79 Å². The number of aliphatic hydroxyl groups is 1. The van der Waals surface area contributed by atoms with Gasteiger partial charge in [-0.05, 0) is 91.8 Å². The molecule has 0 spiro atoms. The Labute approximate surface area is 217 Å². The SMILES string of the molecule is COC(=O)[C@]1(O)C[C@@]2(C)C(CC[C@]3(C)C2CCC2[C@H]4[C@H]5OC(=O)[C@@]4(CCC5(C)C)CC[C@]23C)C1(C)C. The lowest BCUT2D eigenvalue weighted by atomic mass is 9.33. The van der Waals surface area contributed by atoms with Crippen molar-refractivity contribution < 1.29 is 24.2 Å². The Bertz CT molecular complexity index is 1020. The number of carbonyl (C=O) groups excluding carboxylic acids is 2. The minimum absolute atomic E-state index is 0.0327. The Hall–Kier alpha value is -1.10. The maximum absolute atomic E-state index is 13.4. The Morgan fingerprint density at radius 3 is 2.22 bits per heavy atom. The van der Waals surface area contributed by atoms with E-state index >= 15 is 0 Å². The van der Waals surface area contributed by atoms with Crippen LogP contribution in [0.4, 0.5) is 0 Å². The van der Waals surface area contributed by atoms with Crippen LogP contribution < -0.4 is 0 Å². The number of carbonyl (C=O) groups is 2. The topological polar surface area (TPSA) is 72.8 Å². The van der Waals surface area contributed by atoms with Crippen LogP contribution in [0.5, 0.6) is 0 Å². The van der Waals surface area contributed by atoms with E-state index in [2.05, 4.69) is 48.5 Å². The number of rotatable bonds is 1. The molecule has 6 aliphatic rings. The second kappa shape index (κ2) is 6.90. The van der Waals surface area contributed by atoms with Gasteiger partial charge in [0.05, 0.1) is 12.5 Å². The Morgan fingerprint density at radius 2 is 1.56 bits per heavy atom. The summed E-state index contributed by atoms with van der Waals surface area (Å²) in [5.74, 6) is 1.13. The van der Waals surface area contributed by atoms with Crippen molar-refractivity contribution in [2.75, 3.05) is 7.11 Å². The predicted octanol–water partition coefficient (Wildman–Crippen LogP) is 5.92. The van der Waals surface area contributed by atoms with E-state index < -0.39 is 17.0 Å². The first-order valence-corrected chi connectivity index (χ1v) is 14.6. The fourth-order valence-electron chi connectivity index (χ4n) is 12.2. The van der Waals surface area contributed by atoms with E-state index in [1.807, 2.05) is 0 Å². The number of fused-ring (bicyclic) bond motifs is 5. The normalized spacial score (nSPS) is 56.0. The molecule has 6 rings (SSSR count). The lowest BCUT2D eigenvalue weighted by Crippen LogP contribution is -2.65. The zero-order valence-corrected chi connectivity index (χ0v) is 23.8. The summed E-state index contributed by atoms with van der Waals surface area (Å²) in [5, 5.41) is 11.8. The predicted molar refractivity (Wildman–Crippen MR) is 137 cm³/mol. The highest BCUT2D eigenvalue weighted by atomic mass is 16.6. The summed E-state index contributed by atoms with van der Waals surface area (Å²) >= 11 is 0. The molecule has 0 aromatic heterocycles. The fraction of sp³-hybridized carbons (Fsp3) is 0.935. The summed E-state index contributed by atoms with van der Waals surface area (Å²) in [6.45, 7) is 16.2. The molecule has 5 nitrogen and oxygen atoms in total. The van der Waals surface area contributed by atoms with Gasteiger partial charge in [0.2, 0.25) is 0 Å². The van der Waals surface area contributed by atoms with Gasteiger partial charge in [0, 0.05) is 16.7 Å². The monoisotopic (exact) mass is 500 g/mol. The van der Waals surface area contributed by atoms with Crippen molar-refractivity contribution >= 4 is 11.9 Å². The lowest BCUT2D eigenvalue weighted by molar-refractivity contribution is -0.226. The average Bonchev–Trinajstić information content (AvgIpc) is 3.14. The molecule has 0 amide bonds. The molecular formula is C31H48O5. The second-order valence-electron chi connectivity index (χ2n) is 15.9. The lowest BCUT2D eigenvalue weighted by Gasteiger charge is -2.70. The highest BCUT2D eigenvalue weighted by Crippen LogP contribution is 2.79. The van der Waals surface area contributed by atoms with Crippen molar-refractivity contribution in [2.24, 2.45) is 56.2 Å². The van der Waals surface area contributed by atoms with Gasteiger partial charge in [-0.2, -0.15) is 0 Å². The fourth-order valence-corrected chi connectivity index (χ4v) is 12.2. The molecule has 2 bridgehead atoms. The summed E-state index contributed by atoms with van der Waals surface area (Å²) in [7, 11) is 1.40. The van der Waals surface area contributed by atoms with Gasteiger partial charge < -0.3 is 14.6 Å². The Balaban J connectivity index is 1.41. The van der Waals surface area contributed by atoms with Gasteiger partial charge in [-0.3, -0.25) is 4.79 Å². The van der Waals surface area contributed by atoms with Gasteiger partial charge in [-0.15, -0.1) is 0 Å². The molecule has 6 fully saturated rings. The highest BCUT2D eigenvalue weighted by molar-refractivity contribution is 5.81. The molecule has 1 heterocycles. The molecule has 10 atom stereocenters. The molecule has 0 aromatic carbocycles. The van der Waals surface area contributed by atoms with Gasteiger partial charge >= 0.3 is 11.9 Å². The zero-order valence-electron chi connectivity index (χ0n) is 23.8. The summed E-state index contributed by atoms with van der Waals surface area (Å²) < 4.78 is 11.4. The smallest absolute Gasteiger partial charge is 0.338 e. The van der Waals surface area contributed by atoms with Gasteiger partial charge in [0.15, 0.2) is 5.60 Å². The standard InChI is InChI=1S/C31H48O5/c1-25(2)13-15-30-16-14-28(6)18(21(30)22(25)36-23(30)32)9-10-20-27(5)17-31(34,24(33)35-8)26(3,4)19(27)11-12-29(20,28)7/h18-22,34H,9-17H2,1-8H3/t18?,19?,20?,21-,22+,27-,28+,29+,30-,31+/m0/s1. The van der Waals surface area contributed by atoms with Gasteiger partial charge in [-0.1, -0.05) is 48.5 Å². The summed E-state index contributed by atoms with van der Waals surface area (Å²) in [6.07, 6.45) is 8.96. The first-order chi connectivity index (χ1) is 16.6. The van der Waals surface area contributed by atoms with Crippen LogP contribution in [-0.2, 0) is 19.1 Å². The molecule has 202 valence electrons. The van der Waals surface area contributed by atoms with E-state index in [1.165, 1.54) is 7.11 Å². The highest BCUT2D eigenvalue weighted by Gasteiger charge is 2.77.